The van der Waals surface area contributed by atoms with Crippen molar-refractivity contribution < 1.29 is 9.59 Å². The van der Waals surface area contributed by atoms with Crippen LogP contribution in [0.25, 0.3) is 0 Å². The number of anilines is 2. The summed E-state index contributed by atoms with van der Waals surface area (Å²) in [6, 6.07) is 22.4. The summed E-state index contributed by atoms with van der Waals surface area (Å²) in [4.78, 5) is 26.1. The van der Waals surface area contributed by atoms with Gasteiger partial charge in [-0.1, -0.05) is 76.2 Å². The molecule has 154 valence electrons. The standard InChI is InChI=1S/C26H28N2O2/c1-17(2)19-11-7-9-15-23(19)27-25(29)21-13-5-6-14-22(21)26(30)28-24-16-10-8-12-20(24)18(3)4/h5-18H,1-4H3,(H,27,29)(H,28,30). The number of hydrogen-bond donors (Lipinski definition) is 2. The summed E-state index contributed by atoms with van der Waals surface area (Å²) in [7, 11) is 0. The highest BCUT2D eigenvalue weighted by Crippen LogP contribution is 2.26. The summed E-state index contributed by atoms with van der Waals surface area (Å²) >= 11 is 0. The van der Waals surface area contributed by atoms with E-state index in [-0.39, 0.29) is 23.7 Å². The van der Waals surface area contributed by atoms with Crippen molar-refractivity contribution in [3.63, 3.8) is 0 Å². The molecular weight excluding hydrogens is 372 g/mol. The number of carbonyl (C=O) groups is 2. The molecule has 0 bridgehead atoms. The lowest BCUT2D eigenvalue weighted by molar-refractivity contribution is 0.0990. The Kier molecular flexibility index (Phi) is 6.68. The molecule has 0 radical (unpaired) electrons. The summed E-state index contributed by atoms with van der Waals surface area (Å²) in [5.74, 6) is -0.0582. The first-order chi connectivity index (χ1) is 14.4. The molecule has 2 amide bonds. The molecular formula is C26H28N2O2. The summed E-state index contributed by atoms with van der Waals surface area (Å²) in [6.07, 6.45) is 0. The van der Waals surface area contributed by atoms with E-state index in [4.69, 9.17) is 0 Å². The lowest BCUT2D eigenvalue weighted by Gasteiger charge is -2.16. The Bertz CT molecular complexity index is 970. The first kappa shape index (κ1) is 21.3. The maximum Gasteiger partial charge on any atom is 0.256 e. The van der Waals surface area contributed by atoms with Crippen LogP contribution >= 0.6 is 0 Å². The fourth-order valence-corrected chi connectivity index (χ4v) is 3.49. The Morgan fingerprint density at radius 2 is 0.900 bits per heavy atom. The van der Waals surface area contributed by atoms with Gasteiger partial charge in [-0.15, -0.1) is 0 Å². The molecule has 4 nitrogen and oxygen atoms in total. The van der Waals surface area contributed by atoms with Gasteiger partial charge >= 0.3 is 0 Å². The first-order valence-corrected chi connectivity index (χ1v) is 10.3. The maximum absolute atomic E-state index is 13.1. The van der Waals surface area contributed by atoms with Crippen LogP contribution < -0.4 is 10.6 Å². The Hall–Kier alpha value is -3.40. The monoisotopic (exact) mass is 400 g/mol. The van der Waals surface area contributed by atoms with Crippen LogP contribution in [0.2, 0.25) is 0 Å². The fraction of sp³-hybridized carbons (Fsp3) is 0.231. The van der Waals surface area contributed by atoms with E-state index < -0.39 is 0 Å². The van der Waals surface area contributed by atoms with Crippen molar-refractivity contribution in [1.82, 2.24) is 0 Å². The highest BCUT2D eigenvalue weighted by atomic mass is 16.2. The second-order valence-electron chi connectivity index (χ2n) is 7.94. The van der Waals surface area contributed by atoms with Crippen LogP contribution in [-0.4, -0.2) is 11.8 Å². The third-order valence-electron chi connectivity index (χ3n) is 5.08. The minimum Gasteiger partial charge on any atom is -0.322 e. The van der Waals surface area contributed by atoms with Crippen LogP contribution in [0, 0.1) is 0 Å². The largest absolute Gasteiger partial charge is 0.322 e. The van der Waals surface area contributed by atoms with E-state index >= 15 is 0 Å². The van der Waals surface area contributed by atoms with Crippen molar-refractivity contribution in [2.75, 3.05) is 10.6 Å². The Balaban J connectivity index is 1.88. The molecule has 3 aromatic rings. The number of nitrogens with one attached hydrogen (secondary N) is 2. The van der Waals surface area contributed by atoms with E-state index in [1.54, 1.807) is 24.3 Å². The van der Waals surface area contributed by atoms with Gasteiger partial charge in [-0.3, -0.25) is 9.59 Å². The molecule has 30 heavy (non-hydrogen) atoms. The van der Waals surface area contributed by atoms with Crippen molar-refractivity contribution in [1.29, 1.82) is 0 Å². The molecule has 0 spiro atoms. The number of benzene rings is 3. The van der Waals surface area contributed by atoms with E-state index in [0.29, 0.717) is 11.1 Å². The normalized spacial score (nSPS) is 10.9. The summed E-state index contributed by atoms with van der Waals surface area (Å²) in [5, 5.41) is 5.96. The second-order valence-corrected chi connectivity index (χ2v) is 7.94. The molecule has 0 aliphatic rings. The molecule has 0 unspecified atom stereocenters. The minimum atomic E-state index is -0.300. The Morgan fingerprint density at radius 3 is 1.27 bits per heavy atom. The van der Waals surface area contributed by atoms with Crippen molar-refractivity contribution >= 4 is 23.2 Å². The minimum absolute atomic E-state index is 0.271. The summed E-state index contributed by atoms with van der Waals surface area (Å²) in [5.41, 5.74) is 4.32. The molecule has 3 aromatic carbocycles. The van der Waals surface area contributed by atoms with Crippen LogP contribution in [0.5, 0.6) is 0 Å². The van der Waals surface area contributed by atoms with Crippen molar-refractivity contribution in [3.05, 3.63) is 95.1 Å². The van der Waals surface area contributed by atoms with Gasteiger partial charge in [0, 0.05) is 11.4 Å². The molecule has 4 heteroatoms. The number of para-hydroxylation sites is 2. The zero-order valence-electron chi connectivity index (χ0n) is 17.9. The summed E-state index contributed by atoms with van der Waals surface area (Å²) in [6.45, 7) is 8.33. The molecule has 0 atom stereocenters. The van der Waals surface area contributed by atoms with Crippen LogP contribution in [-0.2, 0) is 0 Å². The molecule has 0 saturated heterocycles. The van der Waals surface area contributed by atoms with E-state index in [1.165, 1.54) is 0 Å². The molecule has 0 fully saturated rings. The predicted octanol–water partition coefficient (Wildman–Crippen LogP) is 6.44. The SMILES string of the molecule is CC(C)c1ccccc1NC(=O)c1ccccc1C(=O)Nc1ccccc1C(C)C. The molecule has 0 aromatic heterocycles. The van der Waals surface area contributed by atoms with E-state index in [9.17, 15) is 9.59 Å². The molecule has 0 aliphatic heterocycles. The van der Waals surface area contributed by atoms with Gasteiger partial charge < -0.3 is 10.6 Å². The van der Waals surface area contributed by atoms with Gasteiger partial charge in [0.05, 0.1) is 11.1 Å². The smallest absolute Gasteiger partial charge is 0.256 e. The average molecular weight is 401 g/mol. The number of hydrogen-bond acceptors (Lipinski definition) is 2. The highest BCUT2D eigenvalue weighted by molar-refractivity contribution is 6.15. The second kappa shape index (κ2) is 9.40. The topological polar surface area (TPSA) is 58.2 Å². The van der Waals surface area contributed by atoms with Gasteiger partial charge in [0.1, 0.15) is 0 Å². The van der Waals surface area contributed by atoms with Gasteiger partial charge in [-0.2, -0.15) is 0 Å². The highest BCUT2D eigenvalue weighted by Gasteiger charge is 2.19. The van der Waals surface area contributed by atoms with E-state index in [1.807, 2.05) is 48.5 Å². The van der Waals surface area contributed by atoms with Gasteiger partial charge in [-0.25, -0.2) is 0 Å². The van der Waals surface area contributed by atoms with E-state index in [0.717, 1.165) is 22.5 Å². The van der Waals surface area contributed by atoms with Crippen LogP contribution in [0.4, 0.5) is 11.4 Å². The zero-order valence-corrected chi connectivity index (χ0v) is 17.9. The Morgan fingerprint density at radius 1 is 0.567 bits per heavy atom. The predicted molar refractivity (Wildman–Crippen MR) is 123 cm³/mol. The maximum atomic E-state index is 13.1. The van der Waals surface area contributed by atoms with Crippen molar-refractivity contribution in [2.24, 2.45) is 0 Å². The van der Waals surface area contributed by atoms with Gasteiger partial charge in [0.2, 0.25) is 0 Å². The van der Waals surface area contributed by atoms with E-state index in [2.05, 4.69) is 38.3 Å². The lowest BCUT2D eigenvalue weighted by Crippen LogP contribution is -2.21. The molecule has 2 N–H and O–H groups in total. The molecule has 0 aliphatic carbocycles. The summed E-state index contributed by atoms with van der Waals surface area (Å²) < 4.78 is 0. The Labute approximate surface area is 178 Å². The third kappa shape index (κ3) is 4.77. The fourth-order valence-electron chi connectivity index (χ4n) is 3.49. The van der Waals surface area contributed by atoms with Crippen LogP contribution in [0.1, 0.15) is 71.4 Å². The van der Waals surface area contributed by atoms with Crippen LogP contribution in [0.3, 0.4) is 0 Å². The van der Waals surface area contributed by atoms with Gasteiger partial charge in [-0.05, 0) is 47.2 Å². The third-order valence-corrected chi connectivity index (χ3v) is 5.08. The molecule has 0 heterocycles. The number of amides is 2. The lowest BCUT2D eigenvalue weighted by atomic mass is 9.99. The molecule has 0 saturated carbocycles. The first-order valence-electron chi connectivity index (χ1n) is 10.3. The number of carbonyl (C=O) groups excluding carboxylic acids is 2. The van der Waals surface area contributed by atoms with Gasteiger partial charge in [0.15, 0.2) is 0 Å². The van der Waals surface area contributed by atoms with Crippen LogP contribution in [0.15, 0.2) is 72.8 Å². The quantitative estimate of drug-likeness (QED) is 0.500. The number of rotatable bonds is 6. The zero-order chi connectivity index (χ0) is 21.7. The van der Waals surface area contributed by atoms with Crippen molar-refractivity contribution in [2.45, 2.75) is 39.5 Å². The van der Waals surface area contributed by atoms with Crippen molar-refractivity contribution in [3.8, 4) is 0 Å². The molecule has 3 rings (SSSR count). The van der Waals surface area contributed by atoms with Gasteiger partial charge in [0.25, 0.3) is 11.8 Å². The average Bonchev–Trinajstić information content (AvgIpc) is 2.74.